The van der Waals surface area contributed by atoms with Crippen molar-refractivity contribution >= 4 is 32.3 Å². The van der Waals surface area contributed by atoms with Crippen molar-refractivity contribution in [1.29, 1.82) is 0 Å². The minimum absolute atomic E-state index is 0.0392. The molecule has 9 heteroatoms. The van der Waals surface area contributed by atoms with E-state index < -0.39 is 27.5 Å². The molecular weight excluding hydrogens is 313 g/mol. The highest BCUT2D eigenvalue weighted by atomic mass is 32.2. The smallest absolute Gasteiger partial charge is 0.268 e. The molecule has 2 aromatic rings. The van der Waals surface area contributed by atoms with Crippen molar-refractivity contribution < 1.29 is 22.7 Å². The number of benzene rings is 1. The third kappa shape index (κ3) is 2.71. The summed E-state index contributed by atoms with van der Waals surface area (Å²) in [5.41, 5.74) is 0.396. The van der Waals surface area contributed by atoms with Crippen molar-refractivity contribution in [2.24, 2.45) is 16.1 Å². The Morgan fingerprint density at radius 2 is 2.18 bits per heavy atom. The quantitative estimate of drug-likeness (QED) is 0.823. The molecule has 1 saturated heterocycles. The van der Waals surface area contributed by atoms with Crippen molar-refractivity contribution in [2.45, 2.75) is 6.42 Å². The monoisotopic (exact) mass is 325 g/mol. The molecule has 116 valence electrons. The molecule has 0 radical (unpaired) electrons. The largest absolute Gasteiger partial charge is 0.493 e. The Morgan fingerprint density at radius 3 is 2.86 bits per heavy atom. The number of aromatic nitrogens is 1. The molecule has 0 unspecified atom stereocenters. The van der Waals surface area contributed by atoms with Gasteiger partial charge in [0.15, 0.2) is 15.5 Å². The van der Waals surface area contributed by atoms with E-state index in [9.17, 15) is 22.7 Å². The summed E-state index contributed by atoms with van der Waals surface area (Å²) in [6.45, 7) is 0. The Labute approximate surface area is 124 Å². The highest BCUT2D eigenvalue weighted by Crippen LogP contribution is 2.36. The molecule has 2 N–H and O–H groups in total. The summed E-state index contributed by atoms with van der Waals surface area (Å²) >= 11 is 0. The third-order valence-corrected chi connectivity index (χ3v) is 5.31. The molecule has 1 aliphatic rings. The van der Waals surface area contributed by atoms with Gasteiger partial charge in [-0.05, 0) is 24.6 Å². The number of fused-ring (bicyclic) bond motifs is 1. The molecule has 2 heterocycles. The predicted octanol–water partition coefficient (Wildman–Crippen LogP) is 2.06. The molecule has 0 aliphatic carbocycles. The van der Waals surface area contributed by atoms with Crippen molar-refractivity contribution in [3.8, 4) is 5.88 Å². The Hall–Kier alpha value is -2.29. The van der Waals surface area contributed by atoms with Crippen molar-refractivity contribution in [1.82, 2.24) is 4.98 Å². The number of aromatic amines is 1. The molecule has 7 nitrogen and oxygen atoms in total. The molecule has 3 rings (SSSR count). The number of H-pyrrole nitrogens is 1. The molecule has 1 aromatic heterocycles. The van der Waals surface area contributed by atoms with E-state index in [1.54, 1.807) is 0 Å². The molecule has 0 bridgehead atoms. The number of carbonyl (C=O) groups excluding carboxylic acids is 1. The van der Waals surface area contributed by atoms with Gasteiger partial charge in [0.05, 0.1) is 22.9 Å². The maximum absolute atomic E-state index is 13.3. The van der Waals surface area contributed by atoms with E-state index in [2.05, 4.69) is 15.2 Å². The number of hydrogen-bond donors (Lipinski definition) is 2. The van der Waals surface area contributed by atoms with Gasteiger partial charge in [0.2, 0.25) is 5.88 Å². The second-order valence-corrected chi connectivity index (χ2v) is 7.38. The zero-order chi connectivity index (χ0) is 15.9. The van der Waals surface area contributed by atoms with E-state index in [1.165, 1.54) is 12.1 Å². The van der Waals surface area contributed by atoms with Crippen LogP contribution in [0.25, 0.3) is 10.9 Å². The molecule has 1 aromatic carbocycles. The van der Waals surface area contributed by atoms with Gasteiger partial charge in [0.1, 0.15) is 5.82 Å². The van der Waals surface area contributed by atoms with Crippen molar-refractivity contribution in [3.63, 3.8) is 0 Å². The van der Waals surface area contributed by atoms with E-state index in [0.717, 1.165) is 6.07 Å². The van der Waals surface area contributed by atoms with Gasteiger partial charge in [-0.2, -0.15) is 0 Å². The van der Waals surface area contributed by atoms with Gasteiger partial charge in [-0.15, -0.1) is 10.2 Å². The lowest BCUT2D eigenvalue weighted by Gasteiger charge is -1.99. The van der Waals surface area contributed by atoms with Crippen LogP contribution in [0.4, 0.5) is 10.1 Å². The van der Waals surface area contributed by atoms with Crippen LogP contribution in [0.3, 0.4) is 0 Å². The lowest BCUT2D eigenvalue weighted by Crippen LogP contribution is -2.13. The number of amides is 1. The first-order valence-electron chi connectivity index (χ1n) is 6.52. The van der Waals surface area contributed by atoms with E-state index in [4.69, 9.17) is 0 Å². The molecule has 22 heavy (non-hydrogen) atoms. The fourth-order valence-electron chi connectivity index (χ4n) is 2.41. The van der Waals surface area contributed by atoms with Gasteiger partial charge in [-0.1, -0.05) is 0 Å². The van der Waals surface area contributed by atoms with Crippen LogP contribution in [0.2, 0.25) is 0 Å². The minimum atomic E-state index is -3.19. The van der Waals surface area contributed by atoms with E-state index in [-0.39, 0.29) is 34.9 Å². The van der Waals surface area contributed by atoms with Gasteiger partial charge in [-0.25, -0.2) is 12.8 Å². The minimum Gasteiger partial charge on any atom is -0.493 e. The number of halogens is 1. The molecule has 0 saturated carbocycles. The normalized spacial score (nSPS) is 20.9. The van der Waals surface area contributed by atoms with Crippen LogP contribution in [-0.4, -0.2) is 35.9 Å². The first-order valence-corrected chi connectivity index (χ1v) is 8.34. The maximum Gasteiger partial charge on any atom is 0.268 e. The lowest BCUT2D eigenvalue weighted by atomic mass is 10.1. The number of azo groups is 1. The Balaban J connectivity index is 1.88. The molecule has 1 fully saturated rings. The SMILES string of the molecule is O=C(N=Nc1c(O)[nH]c2ccc(F)cc12)[C@@H]1CCS(=O)(=O)C1. The highest BCUT2D eigenvalue weighted by Gasteiger charge is 2.33. The van der Waals surface area contributed by atoms with Gasteiger partial charge in [0, 0.05) is 5.39 Å². The number of rotatable bonds is 2. The summed E-state index contributed by atoms with van der Waals surface area (Å²) in [4.78, 5) is 14.4. The van der Waals surface area contributed by atoms with Gasteiger partial charge in [0.25, 0.3) is 5.91 Å². The number of nitrogens with one attached hydrogen (secondary N) is 1. The Bertz CT molecular complexity index is 888. The van der Waals surface area contributed by atoms with E-state index >= 15 is 0 Å². The second kappa shape index (κ2) is 5.16. The fourth-order valence-corrected chi connectivity index (χ4v) is 4.14. The second-order valence-electron chi connectivity index (χ2n) is 5.15. The predicted molar refractivity (Wildman–Crippen MR) is 76.2 cm³/mol. The molecule has 1 aliphatic heterocycles. The molecule has 1 atom stereocenters. The standard InChI is InChI=1S/C13H12FN3O4S/c14-8-1-2-10-9(5-8)11(13(19)15-10)16-17-12(18)7-3-4-22(20,21)6-7/h1-2,5,7,15,19H,3-4,6H2/t7-/m1/s1. The average molecular weight is 325 g/mol. The van der Waals surface area contributed by atoms with Crippen molar-refractivity contribution in [2.75, 3.05) is 11.5 Å². The lowest BCUT2D eigenvalue weighted by molar-refractivity contribution is -0.121. The fraction of sp³-hybridized carbons (Fsp3) is 0.308. The van der Waals surface area contributed by atoms with Crippen LogP contribution in [0.15, 0.2) is 28.4 Å². The Morgan fingerprint density at radius 1 is 1.41 bits per heavy atom. The summed E-state index contributed by atoms with van der Waals surface area (Å²) in [6, 6.07) is 3.80. The summed E-state index contributed by atoms with van der Waals surface area (Å²) < 4.78 is 35.9. The van der Waals surface area contributed by atoms with E-state index in [0.29, 0.717) is 5.52 Å². The van der Waals surface area contributed by atoms with Crippen LogP contribution in [0.5, 0.6) is 5.88 Å². The van der Waals surface area contributed by atoms with Gasteiger partial charge >= 0.3 is 0 Å². The average Bonchev–Trinajstić information content (AvgIpc) is 2.95. The maximum atomic E-state index is 13.3. The van der Waals surface area contributed by atoms with Gasteiger partial charge < -0.3 is 10.1 Å². The molecule has 0 spiro atoms. The van der Waals surface area contributed by atoms with Crippen molar-refractivity contribution in [3.05, 3.63) is 24.0 Å². The summed E-state index contributed by atoms with van der Waals surface area (Å²) in [6.07, 6.45) is 0.217. The highest BCUT2D eigenvalue weighted by molar-refractivity contribution is 7.91. The summed E-state index contributed by atoms with van der Waals surface area (Å²) in [5.74, 6) is -2.50. The molecular formula is C13H12FN3O4S. The molecule has 1 amide bonds. The first-order chi connectivity index (χ1) is 10.4. The Kier molecular flexibility index (Phi) is 3.44. The van der Waals surface area contributed by atoms with Crippen LogP contribution >= 0.6 is 0 Å². The third-order valence-electron chi connectivity index (χ3n) is 3.54. The number of carbonyl (C=O) groups is 1. The number of aromatic hydroxyl groups is 1. The summed E-state index contributed by atoms with van der Waals surface area (Å²) in [7, 11) is -3.19. The van der Waals surface area contributed by atoms with Crippen LogP contribution in [0, 0.1) is 11.7 Å². The van der Waals surface area contributed by atoms with Crippen LogP contribution in [0.1, 0.15) is 6.42 Å². The zero-order valence-electron chi connectivity index (χ0n) is 11.3. The van der Waals surface area contributed by atoms with Gasteiger partial charge in [-0.3, -0.25) is 4.79 Å². The zero-order valence-corrected chi connectivity index (χ0v) is 12.1. The van der Waals surface area contributed by atoms with Crippen LogP contribution < -0.4 is 0 Å². The van der Waals surface area contributed by atoms with Crippen LogP contribution in [-0.2, 0) is 14.6 Å². The van der Waals surface area contributed by atoms with E-state index in [1.807, 2.05) is 0 Å². The first kappa shape index (κ1) is 14.6. The number of sulfone groups is 1. The number of nitrogens with zero attached hydrogens (tertiary/aromatic N) is 2. The summed E-state index contributed by atoms with van der Waals surface area (Å²) in [5, 5.41) is 17.2. The topological polar surface area (TPSA) is 112 Å². The number of hydrogen-bond acceptors (Lipinski definition) is 5.